The second kappa shape index (κ2) is 9.15. The molecule has 0 aliphatic heterocycles. The van der Waals surface area contributed by atoms with Crippen LogP contribution >= 0.6 is 22.7 Å². The lowest BCUT2D eigenvalue weighted by atomic mass is 10.2. The fourth-order valence-electron chi connectivity index (χ4n) is 2.37. The fourth-order valence-corrected chi connectivity index (χ4v) is 4.22. The summed E-state index contributed by atoms with van der Waals surface area (Å²) in [5.74, 6) is 0.836. The maximum atomic E-state index is 4.58. The first-order valence-electron chi connectivity index (χ1n) is 8.08. The number of aryl methyl sites for hydroxylation is 2. The minimum atomic E-state index is 0.341. The van der Waals surface area contributed by atoms with Gasteiger partial charge < -0.3 is 15.5 Å². The van der Waals surface area contributed by atoms with Gasteiger partial charge in [-0.1, -0.05) is 6.07 Å². The van der Waals surface area contributed by atoms with E-state index in [2.05, 4.69) is 71.0 Å². The second-order valence-corrected chi connectivity index (χ2v) is 8.14. The van der Waals surface area contributed by atoms with Gasteiger partial charge in [-0.15, -0.1) is 22.7 Å². The second-order valence-electron chi connectivity index (χ2n) is 5.87. The van der Waals surface area contributed by atoms with E-state index in [9.17, 15) is 0 Å². The average molecular weight is 366 g/mol. The molecule has 1 atom stereocenters. The lowest BCUT2D eigenvalue weighted by molar-refractivity contribution is 0.302. The Morgan fingerprint density at radius 1 is 1.33 bits per heavy atom. The van der Waals surface area contributed by atoms with Crippen LogP contribution in [0.15, 0.2) is 22.5 Å². The maximum Gasteiger partial charge on any atom is 0.191 e. The van der Waals surface area contributed by atoms with Gasteiger partial charge in [0.15, 0.2) is 5.96 Å². The Bertz CT molecular complexity index is 626. The molecule has 0 amide bonds. The van der Waals surface area contributed by atoms with Crippen molar-refractivity contribution in [2.45, 2.75) is 26.3 Å². The highest BCUT2D eigenvalue weighted by atomic mass is 32.1. The minimum absolute atomic E-state index is 0.341. The van der Waals surface area contributed by atoms with E-state index < -0.39 is 0 Å². The predicted octanol–water partition coefficient (Wildman–Crippen LogP) is 2.83. The number of hydrogen-bond donors (Lipinski definition) is 2. The lowest BCUT2D eigenvalue weighted by Crippen LogP contribution is -2.42. The van der Waals surface area contributed by atoms with E-state index in [1.807, 2.05) is 7.05 Å². The first-order valence-corrected chi connectivity index (χ1v) is 9.78. The molecule has 0 fully saturated rings. The smallest absolute Gasteiger partial charge is 0.191 e. The Balaban J connectivity index is 1.81. The number of likely N-dealkylation sites (N-methyl/N-ethyl adjacent to an activating group) is 1. The number of aliphatic imine (C=N–C) groups is 1. The molecule has 0 aliphatic carbocycles. The zero-order valence-electron chi connectivity index (χ0n) is 15.1. The van der Waals surface area contributed by atoms with Crippen LogP contribution in [-0.4, -0.2) is 50.1 Å². The minimum Gasteiger partial charge on any atom is -0.356 e. The first kappa shape index (κ1) is 18.9. The Morgan fingerprint density at radius 2 is 2.12 bits per heavy atom. The summed E-state index contributed by atoms with van der Waals surface area (Å²) in [6.07, 6.45) is 0.919. The lowest BCUT2D eigenvalue weighted by Gasteiger charge is -2.24. The highest BCUT2D eigenvalue weighted by molar-refractivity contribution is 7.11. The molecule has 132 valence electrons. The van der Waals surface area contributed by atoms with Crippen molar-refractivity contribution in [1.29, 1.82) is 0 Å². The van der Waals surface area contributed by atoms with E-state index in [-0.39, 0.29) is 0 Å². The number of thiophene rings is 1. The Labute approximate surface area is 152 Å². The highest BCUT2D eigenvalue weighted by Gasteiger charge is 2.15. The molecule has 1 unspecified atom stereocenters. The van der Waals surface area contributed by atoms with Gasteiger partial charge in [-0.25, -0.2) is 4.98 Å². The molecule has 0 aliphatic rings. The molecule has 7 heteroatoms. The van der Waals surface area contributed by atoms with Crippen molar-refractivity contribution in [2.75, 3.05) is 34.2 Å². The Kier molecular flexibility index (Phi) is 7.20. The molecular weight excluding hydrogens is 338 g/mol. The van der Waals surface area contributed by atoms with Gasteiger partial charge in [0.05, 0.1) is 16.7 Å². The van der Waals surface area contributed by atoms with E-state index in [0.717, 1.165) is 31.2 Å². The van der Waals surface area contributed by atoms with Crippen molar-refractivity contribution in [2.24, 2.45) is 4.99 Å². The largest absolute Gasteiger partial charge is 0.356 e. The van der Waals surface area contributed by atoms with Crippen LogP contribution < -0.4 is 10.6 Å². The molecule has 0 spiro atoms. The topological polar surface area (TPSA) is 52.6 Å². The summed E-state index contributed by atoms with van der Waals surface area (Å²) in [6, 6.07) is 4.62. The first-order chi connectivity index (χ1) is 11.5. The molecule has 0 saturated carbocycles. The predicted molar refractivity (Wildman–Crippen MR) is 105 cm³/mol. The van der Waals surface area contributed by atoms with Crippen molar-refractivity contribution < 1.29 is 0 Å². The van der Waals surface area contributed by atoms with Crippen LogP contribution in [0, 0.1) is 13.8 Å². The molecule has 24 heavy (non-hydrogen) atoms. The zero-order chi connectivity index (χ0) is 17.5. The van der Waals surface area contributed by atoms with Crippen LogP contribution in [0.4, 0.5) is 0 Å². The van der Waals surface area contributed by atoms with Crippen LogP contribution in [0.3, 0.4) is 0 Å². The number of rotatable bonds is 7. The van der Waals surface area contributed by atoms with Crippen molar-refractivity contribution in [3.63, 3.8) is 0 Å². The molecular formula is C17H27N5S2. The quantitative estimate of drug-likeness (QED) is 0.585. The van der Waals surface area contributed by atoms with Crippen LogP contribution in [0.1, 0.15) is 26.5 Å². The van der Waals surface area contributed by atoms with Crippen molar-refractivity contribution >= 4 is 28.6 Å². The van der Waals surface area contributed by atoms with E-state index in [0.29, 0.717) is 6.04 Å². The fraction of sp³-hybridized carbons (Fsp3) is 0.529. The summed E-state index contributed by atoms with van der Waals surface area (Å²) in [4.78, 5) is 13.8. The summed E-state index contributed by atoms with van der Waals surface area (Å²) < 4.78 is 0. The van der Waals surface area contributed by atoms with Crippen LogP contribution in [0.5, 0.6) is 0 Å². The molecule has 2 aromatic heterocycles. The molecule has 0 aromatic carbocycles. The van der Waals surface area contributed by atoms with Gasteiger partial charge in [0, 0.05) is 36.3 Å². The number of aromatic nitrogens is 1. The standard InChI is InChI=1S/C17H27N5S2/c1-12-13(2)24-16(21-12)8-9-19-17(18-3)20-11-14(22(4)5)15-7-6-10-23-15/h6-7,10,14H,8-9,11H2,1-5H3,(H2,18,19,20). The molecule has 0 bridgehead atoms. The van der Waals surface area contributed by atoms with Crippen LogP contribution in [0.2, 0.25) is 0 Å². The number of nitrogens with zero attached hydrogens (tertiary/aromatic N) is 3. The number of thiazole rings is 1. The number of nitrogens with one attached hydrogen (secondary N) is 2. The molecule has 0 radical (unpaired) electrons. The number of hydrogen-bond acceptors (Lipinski definition) is 5. The molecule has 5 nitrogen and oxygen atoms in total. The third-order valence-corrected chi connectivity index (χ3v) is 5.99. The van der Waals surface area contributed by atoms with E-state index in [1.54, 1.807) is 22.7 Å². The number of guanidine groups is 1. The van der Waals surface area contributed by atoms with Gasteiger partial charge in [0.2, 0.25) is 0 Å². The maximum absolute atomic E-state index is 4.58. The van der Waals surface area contributed by atoms with Crippen LogP contribution in [0.25, 0.3) is 0 Å². The van der Waals surface area contributed by atoms with E-state index >= 15 is 0 Å². The monoisotopic (exact) mass is 365 g/mol. The van der Waals surface area contributed by atoms with Gasteiger partial charge in [-0.3, -0.25) is 4.99 Å². The van der Waals surface area contributed by atoms with Crippen LogP contribution in [-0.2, 0) is 6.42 Å². The summed E-state index contributed by atoms with van der Waals surface area (Å²) >= 11 is 3.57. The normalized spacial score (nSPS) is 13.3. The molecule has 2 heterocycles. The SMILES string of the molecule is CN=C(NCCc1nc(C)c(C)s1)NCC(c1cccs1)N(C)C. The van der Waals surface area contributed by atoms with Crippen molar-refractivity contribution in [1.82, 2.24) is 20.5 Å². The van der Waals surface area contributed by atoms with Gasteiger partial charge in [0.1, 0.15) is 0 Å². The van der Waals surface area contributed by atoms with Gasteiger partial charge in [0.25, 0.3) is 0 Å². The average Bonchev–Trinajstić information content (AvgIpc) is 3.16. The van der Waals surface area contributed by atoms with E-state index in [1.165, 1.54) is 14.8 Å². The third kappa shape index (κ3) is 5.29. The summed E-state index contributed by atoms with van der Waals surface area (Å²) in [6.45, 7) is 5.84. The van der Waals surface area contributed by atoms with Gasteiger partial charge >= 0.3 is 0 Å². The Morgan fingerprint density at radius 3 is 2.67 bits per heavy atom. The Hall–Kier alpha value is -1.44. The zero-order valence-corrected chi connectivity index (χ0v) is 16.7. The molecule has 2 aromatic rings. The molecule has 2 N–H and O–H groups in total. The highest BCUT2D eigenvalue weighted by Crippen LogP contribution is 2.22. The molecule has 2 rings (SSSR count). The summed E-state index contributed by atoms with van der Waals surface area (Å²) in [5, 5.41) is 10.1. The third-order valence-electron chi connectivity index (χ3n) is 3.89. The van der Waals surface area contributed by atoms with Crippen molar-refractivity contribution in [3.8, 4) is 0 Å². The van der Waals surface area contributed by atoms with Gasteiger partial charge in [-0.05, 0) is 39.4 Å². The van der Waals surface area contributed by atoms with Gasteiger partial charge in [-0.2, -0.15) is 0 Å². The summed E-state index contributed by atoms with van der Waals surface area (Å²) in [5.41, 5.74) is 1.14. The van der Waals surface area contributed by atoms with E-state index in [4.69, 9.17) is 0 Å². The molecule has 0 saturated heterocycles. The summed E-state index contributed by atoms with van der Waals surface area (Å²) in [7, 11) is 6.02. The van der Waals surface area contributed by atoms with Crippen molar-refractivity contribution in [3.05, 3.63) is 38.0 Å².